The maximum Gasteiger partial charge on any atom is 0.309 e. The zero-order valence-electron chi connectivity index (χ0n) is 18.9. The van der Waals surface area contributed by atoms with Gasteiger partial charge in [0.1, 0.15) is 0 Å². The van der Waals surface area contributed by atoms with Crippen LogP contribution in [-0.2, 0) is 26.2 Å². The van der Waals surface area contributed by atoms with E-state index in [0.29, 0.717) is 22.9 Å². The fourth-order valence-corrected chi connectivity index (χ4v) is 6.15. The van der Waals surface area contributed by atoms with Crippen LogP contribution in [0.25, 0.3) is 0 Å². The number of piperidine rings is 1. The third kappa shape index (κ3) is 6.56. The predicted octanol–water partition coefficient (Wildman–Crippen LogP) is 3.32. The Morgan fingerprint density at radius 1 is 1.03 bits per heavy atom. The molecule has 7 nitrogen and oxygen atoms in total. The summed E-state index contributed by atoms with van der Waals surface area (Å²) in [6.07, 6.45) is 2.90. The van der Waals surface area contributed by atoms with Crippen LogP contribution in [0.3, 0.4) is 0 Å². The van der Waals surface area contributed by atoms with Crippen LogP contribution >= 0.6 is 11.6 Å². The Labute approximate surface area is 200 Å². The molecule has 3 rings (SSSR count). The van der Waals surface area contributed by atoms with Crippen LogP contribution in [0.4, 0.5) is 0 Å². The zero-order chi connectivity index (χ0) is 24.0. The van der Waals surface area contributed by atoms with Crippen molar-refractivity contribution in [2.75, 3.05) is 13.1 Å². The first-order valence-corrected chi connectivity index (χ1v) is 12.9. The lowest BCUT2D eigenvalue weighted by Crippen LogP contribution is -2.46. The van der Waals surface area contributed by atoms with Gasteiger partial charge in [0.25, 0.3) is 0 Å². The molecule has 2 aromatic carbocycles. The smallest absolute Gasteiger partial charge is 0.309 e. The summed E-state index contributed by atoms with van der Waals surface area (Å²) in [5.41, 5.74) is 2.44. The van der Waals surface area contributed by atoms with Gasteiger partial charge in [0.2, 0.25) is 10.0 Å². The average Bonchev–Trinajstić information content (AvgIpc) is 2.80. The molecule has 1 heterocycles. The molecule has 1 aliphatic heterocycles. The van der Waals surface area contributed by atoms with Crippen molar-refractivity contribution in [2.45, 2.75) is 57.0 Å². The predicted molar refractivity (Wildman–Crippen MR) is 128 cm³/mol. The van der Waals surface area contributed by atoms with Gasteiger partial charge in [-0.15, -0.1) is 0 Å². The number of hydrogen-bond acceptors (Lipinski definition) is 4. The minimum absolute atomic E-state index is 0.216. The molecule has 0 bridgehead atoms. The Bertz CT molecular complexity index is 1100. The molecule has 0 aliphatic carbocycles. The summed E-state index contributed by atoms with van der Waals surface area (Å²) in [6.45, 7) is 4.56. The lowest BCUT2D eigenvalue weighted by atomic mass is 10.0. The number of halogens is 1. The first-order chi connectivity index (χ1) is 15.7. The lowest BCUT2D eigenvalue weighted by Gasteiger charge is -2.35. The summed E-state index contributed by atoms with van der Waals surface area (Å²) in [6, 6.07) is 12.2. The molecule has 0 spiro atoms. The van der Waals surface area contributed by atoms with Gasteiger partial charge in [-0.25, -0.2) is 8.42 Å². The van der Waals surface area contributed by atoms with E-state index in [1.54, 1.807) is 41.6 Å². The first-order valence-electron chi connectivity index (χ1n) is 11.1. The number of carbonyl (C=O) groups excluding carboxylic acids is 2. The second-order valence-corrected chi connectivity index (χ2v) is 10.7. The number of amides is 2. The third-order valence-electron chi connectivity index (χ3n) is 5.84. The molecule has 0 saturated carbocycles. The highest BCUT2D eigenvalue weighted by atomic mass is 35.5. The molecule has 2 N–H and O–H groups in total. The van der Waals surface area contributed by atoms with Crippen LogP contribution in [-0.4, -0.2) is 43.7 Å². The molecule has 178 valence electrons. The summed E-state index contributed by atoms with van der Waals surface area (Å²) in [4.78, 5) is 24.6. The molecule has 0 aromatic heterocycles. The molecule has 9 heteroatoms. The summed E-state index contributed by atoms with van der Waals surface area (Å²) in [5, 5.41) is 5.78. The van der Waals surface area contributed by atoms with Crippen LogP contribution in [0.15, 0.2) is 47.4 Å². The van der Waals surface area contributed by atoms with Crippen molar-refractivity contribution in [3.8, 4) is 0 Å². The molecule has 1 fully saturated rings. The summed E-state index contributed by atoms with van der Waals surface area (Å²) < 4.78 is 28.3. The van der Waals surface area contributed by atoms with Crippen molar-refractivity contribution in [2.24, 2.45) is 0 Å². The number of nitrogens with zero attached hydrogens (tertiary/aromatic N) is 1. The molecule has 1 saturated heterocycles. The van der Waals surface area contributed by atoms with Gasteiger partial charge in [0, 0.05) is 30.7 Å². The van der Waals surface area contributed by atoms with Crippen molar-refractivity contribution < 1.29 is 18.0 Å². The summed E-state index contributed by atoms with van der Waals surface area (Å²) in [7, 11) is -3.64. The Balaban J connectivity index is 1.55. The lowest BCUT2D eigenvalue weighted by molar-refractivity contribution is -0.139. The maximum atomic E-state index is 13.4. The van der Waals surface area contributed by atoms with Gasteiger partial charge >= 0.3 is 11.8 Å². The van der Waals surface area contributed by atoms with Gasteiger partial charge < -0.3 is 10.6 Å². The molecular formula is C24H30ClN3O4S. The van der Waals surface area contributed by atoms with E-state index in [4.69, 9.17) is 11.6 Å². The summed E-state index contributed by atoms with van der Waals surface area (Å²) in [5.74, 6) is -1.46. The molecular weight excluding hydrogens is 462 g/mol. The van der Waals surface area contributed by atoms with E-state index in [-0.39, 0.29) is 19.1 Å². The molecule has 1 aliphatic rings. The van der Waals surface area contributed by atoms with Crippen molar-refractivity contribution in [3.05, 3.63) is 64.2 Å². The third-order valence-corrected chi connectivity index (χ3v) is 8.18. The zero-order valence-corrected chi connectivity index (χ0v) is 20.5. The van der Waals surface area contributed by atoms with Crippen molar-refractivity contribution in [1.29, 1.82) is 0 Å². The van der Waals surface area contributed by atoms with Gasteiger partial charge in [-0.05, 0) is 68.0 Å². The van der Waals surface area contributed by atoms with Crippen molar-refractivity contribution in [1.82, 2.24) is 14.9 Å². The quantitative estimate of drug-likeness (QED) is 0.581. The minimum atomic E-state index is -3.64. The molecule has 2 amide bonds. The van der Waals surface area contributed by atoms with Gasteiger partial charge in [0.15, 0.2) is 0 Å². The van der Waals surface area contributed by atoms with Crippen LogP contribution in [0, 0.1) is 13.8 Å². The largest absolute Gasteiger partial charge is 0.348 e. The number of rotatable bonds is 7. The highest BCUT2D eigenvalue weighted by Crippen LogP contribution is 2.29. The van der Waals surface area contributed by atoms with Crippen molar-refractivity contribution >= 4 is 33.4 Å². The number of hydrogen-bond donors (Lipinski definition) is 2. The first kappa shape index (κ1) is 25.2. The molecule has 0 unspecified atom stereocenters. The maximum absolute atomic E-state index is 13.4. The number of nitrogens with one attached hydrogen (secondary N) is 2. The fraction of sp³-hybridized carbons (Fsp3) is 0.417. The number of benzene rings is 2. The minimum Gasteiger partial charge on any atom is -0.348 e. The molecule has 2 aromatic rings. The van der Waals surface area contributed by atoms with Gasteiger partial charge in [0.05, 0.1) is 4.90 Å². The van der Waals surface area contributed by atoms with Crippen LogP contribution in [0.2, 0.25) is 5.02 Å². The van der Waals surface area contributed by atoms with Crippen LogP contribution < -0.4 is 10.6 Å². The monoisotopic (exact) mass is 491 g/mol. The van der Waals surface area contributed by atoms with Crippen molar-refractivity contribution in [3.63, 3.8) is 0 Å². The van der Waals surface area contributed by atoms with E-state index in [2.05, 4.69) is 10.6 Å². The van der Waals surface area contributed by atoms with E-state index in [0.717, 1.165) is 36.0 Å². The van der Waals surface area contributed by atoms with E-state index >= 15 is 0 Å². The van der Waals surface area contributed by atoms with E-state index in [1.165, 1.54) is 0 Å². The van der Waals surface area contributed by atoms with E-state index in [9.17, 15) is 18.0 Å². The second-order valence-electron chi connectivity index (χ2n) is 8.39. The number of sulfonamides is 1. The van der Waals surface area contributed by atoms with Crippen LogP contribution in [0.1, 0.15) is 42.4 Å². The van der Waals surface area contributed by atoms with Gasteiger partial charge in [-0.2, -0.15) is 4.31 Å². The van der Waals surface area contributed by atoms with E-state index in [1.807, 2.05) is 19.1 Å². The fourth-order valence-electron chi connectivity index (χ4n) is 3.99. The van der Waals surface area contributed by atoms with Gasteiger partial charge in [-0.1, -0.05) is 42.3 Å². The Morgan fingerprint density at radius 3 is 2.45 bits per heavy atom. The normalized spacial score (nSPS) is 16.9. The Morgan fingerprint density at radius 2 is 1.73 bits per heavy atom. The molecule has 0 radical (unpaired) electrons. The number of aryl methyl sites for hydroxylation is 2. The summed E-state index contributed by atoms with van der Waals surface area (Å²) >= 11 is 5.84. The Kier molecular flexibility index (Phi) is 8.51. The topological polar surface area (TPSA) is 95.6 Å². The molecule has 33 heavy (non-hydrogen) atoms. The highest BCUT2D eigenvalue weighted by molar-refractivity contribution is 7.89. The SMILES string of the molecule is Cc1ccc(C)c(S(=O)(=O)N2CCCC[C@@H]2CCNC(=O)C(=O)NCc2ccc(Cl)cc2)c1. The van der Waals surface area contributed by atoms with Crippen LogP contribution in [0.5, 0.6) is 0 Å². The standard InChI is InChI=1S/C24H30ClN3O4S/c1-17-6-7-18(2)22(15-17)33(31,32)28-14-4-3-5-21(28)12-13-26-23(29)24(30)27-16-19-8-10-20(25)11-9-19/h6-11,15,21H,3-5,12-14,16H2,1-2H3,(H,26,29)(H,27,30)/t21-/m1/s1. The molecule has 1 atom stereocenters. The van der Waals surface area contributed by atoms with E-state index < -0.39 is 21.8 Å². The van der Waals surface area contributed by atoms with Gasteiger partial charge in [-0.3, -0.25) is 9.59 Å². The Hall–Kier alpha value is -2.42. The number of carbonyl (C=O) groups is 2. The highest BCUT2D eigenvalue weighted by Gasteiger charge is 2.34. The second kappa shape index (κ2) is 11.1. The average molecular weight is 492 g/mol.